The van der Waals surface area contributed by atoms with Gasteiger partial charge in [-0.05, 0) is 49.9 Å². The molecule has 0 aliphatic carbocycles. The minimum absolute atomic E-state index is 0.150. The van der Waals surface area contributed by atoms with Crippen LogP contribution in [0, 0.1) is 20.8 Å². The second kappa shape index (κ2) is 6.00. The zero-order valence-electron chi connectivity index (χ0n) is 12.7. The van der Waals surface area contributed by atoms with Gasteiger partial charge in [-0.15, -0.1) is 0 Å². The van der Waals surface area contributed by atoms with Gasteiger partial charge in [0, 0.05) is 17.5 Å². The molecule has 2 rings (SSSR count). The van der Waals surface area contributed by atoms with Crippen molar-refractivity contribution in [3.05, 3.63) is 64.0 Å². The van der Waals surface area contributed by atoms with Crippen LogP contribution < -0.4 is 0 Å². The minimum atomic E-state index is 0.150. The van der Waals surface area contributed by atoms with Crippen molar-refractivity contribution in [1.82, 2.24) is 4.98 Å². The SMILES string of the molecule is CCc1ccc(CC(=O)c2c(C)cc(C)cc2C)nc1. The Balaban J connectivity index is 2.23. The van der Waals surface area contributed by atoms with Crippen LogP contribution in [-0.4, -0.2) is 10.8 Å². The van der Waals surface area contributed by atoms with E-state index in [0.717, 1.165) is 28.8 Å². The Morgan fingerprint density at radius 2 is 1.75 bits per heavy atom. The molecule has 0 aliphatic rings. The van der Waals surface area contributed by atoms with Crippen molar-refractivity contribution in [2.75, 3.05) is 0 Å². The summed E-state index contributed by atoms with van der Waals surface area (Å²) in [6, 6.07) is 8.13. The van der Waals surface area contributed by atoms with Crippen LogP contribution in [0.4, 0.5) is 0 Å². The van der Waals surface area contributed by atoms with E-state index in [-0.39, 0.29) is 5.78 Å². The van der Waals surface area contributed by atoms with Gasteiger partial charge in [0.25, 0.3) is 0 Å². The molecule has 1 aromatic carbocycles. The first-order chi connectivity index (χ1) is 9.51. The summed E-state index contributed by atoms with van der Waals surface area (Å²) in [4.78, 5) is 16.9. The summed E-state index contributed by atoms with van der Waals surface area (Å²) in [5, 5.41) is 0. The summed E-state index contributed by atoms with van der Waals surface area (Å²) < 4.78 is 0. The van der Waals surface area contributed by atoms with Crippen LogP contribution in [-0.2, 0) is 12.8 Å². The van der Waals surface area contributed by atoms with Gasteiger partial charge in [0.05, 0.1) is 6.42 Å². The van der Waals surface area contributed by atoms with Crippen LogP contribution in [0.2, 0.25) is 0 Å². The number of aryl methyl sites for hydroxylation is 4. The van der Waals surface area contributed by atoms with Crippen LogP contribution in [0.15, 0.2) is 30.5 Å². The van der Waals surface area contributed by atoms with Gasteiger partial charge in [-0.1, -0.05) is 30.7 Å². The molecule has 0 bridgehead atoms. The van der Waals surface area contributed by atoms with Crippen molar-refractivity contribution >= 4 is 5.78 Å². The fraction of sp³-hybridized carbons (Fsp3) is 0.333. The van der Waals surface area contributed by atoms with Gasteiger partial charge in [0.1, 0.15) is 0 Å². The third-order valence-corrected chi connectivity index (χ3v) is 3.59. The monoisotopic (exact) mass is 267 g/mol. The number of benzene rings is 1. The molecule has 0 radical (unpaired) electrons. The predicted octanol–water partition coefficient (Wildman–Crippen LogP) is 3.99. The molecule has 0 unspecified atom stereocenters. The van der Waals surface area contributed by atoms with E-state index in [2.05, 4.69) is 31.0 Å². The van der Waals surface area contributed by atoms with Crippen molar-refractivity contribution in [2.45, 2.75) is 40.5 Å². The van der Waals surface area contributed by atoms with Crippen molar-refractivity contribution < 1.29 is 4.79 Å². The first-order valence-corrected chi connectivity index (χ1v) is 7.06. The molecule has 0 amide bonds. The normalized spacial score (nSPS) is 10.6. The highest BCUT2D eigenvalue weighted by atomic mass is 16.1. The Morgan fingerprint density at radius 1 is 1.10 bits per heavy atom. The molecule has 0 saturated heterocycles. The molecule has 0 fully saturated rings. The molecular formula is C18H21NO. The van der Waals surface area contributed by atoms with Crippen LogP contribution in [0.3, 0.4) is 0 Å². The number of pyridine rings is 1. The molecule has 1 aromatic heterocycles. The second-order valence-corrected chi connectivity index (χ2v) is 5.39. The zero-order chi connectivity index (χ0) is 14.7. The van der Waals surface area contributed by atoms with Gasteiger partial charge in [-0.25, -0.2) is 0 Å². The number of nitrogens with zero attached hydrogens (tertiary/aromatic N) is 1. The van der Waals surface area contributed by atoms with E-state index in [4.69, 9.17) is 0 Å². The number of carbonyl (C=O) groups excluding carboxylic acids is 1. The summed E-state index contributed by atoms with van der Waals surface area (Å²) in [6.07, 6.45) is 3.20. The number of Topliss-reactive ketones (excluding diaryl/α,β-unsaturated/α-hetero) is 1. The Hall–Kier alpha value is -1.96. The highest BCUT2D eigenvalue weighted by Gasteiger charge is 2.14. The maximum absolute atomic E-state index is 12.5. The Morgan fingerprint density at radius 3 is 2.25 bits per heavy atom. The third-order valence-electron chi connectivity index (χ3n) is 3.59. The molecule has 104 valence electrons. The smallest absolute Gasteiger partial charge is 0.169 e. The van der Waals surface area contributed by atoms with Crippen molar-refractivity contribution in [1.29, 1.82) is 0 Å². The lowest BCUT2D eigenvalue weighted by Gasteiger charge is -2.10. The largest absolute Gasteiger partial charge is 0.294 e. The van der Waals surface area contributed by atoms with E-state index in [9.17, 15) is 4.79 Å². The Labute approximate surface area is 120 Å². The molecule has 2 heteroatoms. The fourth-order valence-corrected chi connectivity index (χ4v) is 2.64. The number of ketones is 1. The Bertz CT molecular complexity index is 603. The topological polar surface area (TPSA) is 30.0 Å². The predicted molar refractivity (Wildman–Crippen MR) is 82.3 cm³/mol. The van der Waals surface area contributed by atoms with E-state index < -0.39 is 0 Å². The number of aromatic nitrogens is 1. The van der Waals surface area contributed by atoms with Gasteiger partial charge < -0.3 is 0 Å². The lowest BCUT2D eigenvalue weighted by atomic mass is 9.94. The van der Waals surface area contributed by atoms with Gasteiger partial charge in [0.15, 0.2) is 5.78 Å². The standard InChI is InChI=1S/C18H21NO/c1-5-15-6-7-16(19-11-15)10-17(20)18-13(3)8-12(2)9-14(18)4/h6-9,11H,5,10H2,1-4H3. The van der Waals surface area contributed by atoms with E-state index in [1.807, 2.05) is 32.2 Å². The zero-order valence-corrected chi connectivity index (χ0v) is 12.7. The summed E-state index contributed by atoms with van der Waals surface area (Å²) in [5.74, 6) is 0.150. The number of carbonyl (C=O) groups is 1. The average Bonchev–Trinajstić information content (AvgIpc) is 2.38. The summed E-state index contributed by atoms with van der Waals surface area (Å²) in [6.45, 7) is 8.15. The maximum Gasteiger partial charge on any atom is 0.169 e. The molecule has 0 saturated carbocycles. The molecule has 0 spiro atoms. The number of hydrogen-bond donors (Lipinski definition) is 0. The third kappa shape index (κ3) is 3.13. The van der Waals surface area contributed by atoms with Crippen LogP contribution in [0.5, 0.6) is 0 Å². The number of rotatable bonds is 4. The van der Waals surface area contributed by atoms with Crippen LogP contribution in [0.1, 0.15) is 45.2 Å². The quantitative estimate of drug-likeness (QED) is 0.784. The molecule has 2 nitrogen and oxygen atoms in total. The molecule has 0 N–H and O–H groups in total. The van der Waals surface area contributed by atoms with Gasteiger partial charge in [-0.3, -0.25) is 9.78 Å². The second-order valence-electron chi connectivity index (χ2n) is 5.39. The molecule has 1 heterocycles. The molecule has 0 aliphatic heterocycles. The molecule has 0 atom stereocenters. The van der Waals surface area contributed by atoms with Crippen molar-refractivity contribution in [3.63, 3.8) is 0 Å². The van der Waals surface area contributed by atoms with Crippen molar-refractivity contribution in [3.8, 4) is 0 Å². The Kier molecular flexibility index (Phi) is 4.33. The summed E-state index contributed by atoms with van der Waals surface area (Å²) >= 11 is 0. The van der Waals surface area contributed by atoms with E-state index >= 15 is 0 Å². The van der Waals surface area contributed by atoms with E-state index in [1.54, 1.807) is 0 Å². The van der Waals surface area contributed by atoms with Crippen molar-refractivity contribution in [2.24, 2.45) is 0 Å². The minimum Gasteiger partial charge on any atom is -0.294 e. The first-order valence-electron chi connectivity index (χ1n) is 7.06. The number of hydrogen-bond acceptors (Lipinski definition) is 2. The molecular weight excluding hydrogens is 246 g/mol. The van der Waals surface area contributed by atoms with Gasteiger partial charge in [0.2, 0.25) is 0 Å². The highest BCUT2D eigenvalue weighted by molar-refractivity contribution is 6.00. The lowest BCUT2D eigenvalue weighted by molar-refractivity contribution is 0.0991. The van der Waals surface area contributed by atoms with Crippen LogP contribution in [0.25, 0.3) is 0 Å². The van der Waals surface area contributed by atoms with E-state index in [0.29, 0.717) is 6.42 Å². The lowest BCUT2D eigenvalue weighted by Crippen LogP contribution is -2.09. The van der Waals surface area contributed by atoms with E-state index in [1.165, 1.54) is 11.1 Å². The fourth-order valence-electron chi connectivity index (χ4n) is 2.64. The highest BCUT2D eigenvalue weighted by Crippen LogP contribution is 2.18. The summed E-state index contributed by atoms with van der Waals surface area (Å²) in [7, 11) is 0. The maximum atomic E-state index is 12.5. The van der Waals surface area contributed by atoms with Crippen LogP contribution >= 0.6 is 0 Å². The molecule has 2 aromatic rings. The van der Waals surface area contributed by atoms with Gasteiger partial charge in [-0.2, -0.15) is 0 Å². The first kappa shape index (κ1) is 14.4. The van der Waals surface area contributed by atoms with Gasteiger partial charge >= 0.3 is 0 Å². The summed E-state index contributed by atoms with van der Waals surface area (Å²) in [5.41, 5.74) is 6.18. The average molecular weight is 267 g/mol. The molecule has 20 heavy (non-hydrogen) atoms.